The van der Waals surface area contributed by atoms with E-state index in [-0.39, 0.29) is 6.71 Å². The van der Waals surface area contributed by atoms with Crippen molar-refractivity contribution in [2.24, 2.45) is 0 Å². The van der Waals surface area contributed by atoms with Crippen molar-refractivity contribution in [3.8, 4) is 11.1 Å². The number of anilines is 9. The summed E-state index contributed by atoms with van der Waals surface area (Å²) < 4.78 is 6.26. The Hall–Kier alpha value is -7.76. The number of rotatable bonds is 6. The van der Waals surface area contributed by atoms with Crippen molar-refractivity contribution in [1.82, 2.24) is 0 Å². The molecule has 59 heavy (non-hydrogen) atoms. The Kier molecular flexibility index (Phi) is 7.60. The smallest absolute Gasteiger partial charge is 0.252 e. The highest BCUT2D eigenvalue weighted by Gasteiger charge is 2.43. The van der Waals surface area contributed by atoms with Crippen LogP contribution in [-0.2, 0) is 0 Å². The van der Waals surface area contributed by atoms with Crippen LogP contribution in [0.3, 0.4) is 0 Å². The maximum Gasteiger partial charge on any atom is 0.252 e. The lowest BCUT2D eigenvalue weighted by Crippen LogP contribution is -2.61. The highest BCUT2D eigenvalue weighted by molar-refractivity contribution is 7.00. The van der Waals surface area contributed by atoms with Crippen LogP contribution < -0.4 is 31.1 Å². The van der Waals surface area contributed by atoms with E-state index in [0.717, 1.165) is 61.5 Å². The van der Waals surface area contributed by atoms with Crippen LogP contribution in [-0.4, -0.2) is 6.71 Å². The predicted molar refractivity (Wildman–Crippen MR) is 248 cm³/mol. The molecule has 10 aromatic rings. The van der Waals surface area contributed by atoms with Crippen LogP contribution >= 0.6 is 0 Å². The number of hydrogen-bond donors (Lipinski definition) is 0. The largest absolute Gasteiger partial charge is 0.456 e. The minimum Gasteiger partial charge on any atom is -0.456 e. The summed E-state index contributed by atoms with van der Waals surface area (Å²) in [5.74, 6) is 0. The molecule has 276 valence electrons. The van der Waals surface area contributed by atoms with Crippen LogP contribution in [0.15, 0.2) is 223 Å². The first-order chi connectivity index (χ1) is 29.3. The quantitative estimate of drug-likeness (QED) is 0.158. The third kappa shape index (κ3) is 5.32. The zero-order chi connectivity index (χ0) is 38.9. The Morgan fingerprint density at radius 1 is 0.356 bits per heavy atom. The zero-order valence-corrected chi connectivity index (χ0v) is 32.1. The molecule has 9 aromatic carbocycles. The molecule has 0 fully saturated rings. The second kappa shape index (κ2) is 13.4. The molecule has 0 aliphatic carbocycles. The highest BCUT2D eigenvalue weighted by Crippen LogP contribution is 2.46. The molecule has 0 atom stereocenters. The fourth-order valence-corrected chi connectivity index (χ4v) is 9.45. The summed E-state index contributed by atoms with van der Waals surface area (Å²) in [6, 6.07) is 78.7. The molecular formula is C54H36BN3O. The molecule has 2 aliphatic heterocycles. The molecule has 0 spiro atoms. The lowest BCUT2D eigenvalue weighted by molar-refractivity contribution is 0.669. The van der Waals surface area contributed by atoms with E-state index in [1.807, 2.05) is 12.1 Å². The highest BCUT2D eigenvalue weighted by atomic mass is 16.3. The maximum absolute atomic E-state index is 6.26. The van der Waals surface area contributed by atoms with E-state index < -0.39 is 0 Å². The minimum atomic E-state index is 0.0365. The molecule has 0 radical (unpaired) electrons. The van der Waals surface area contributed by atoms with Crippen molar-refractivity contribution < 1.29 is 4.42 Å². The topological polar surface area (TPSA) is 22.9 Å². The molecule has 12 rings (SSSR count). The van der Waals surface area contributed by atoms with Crippen LogP contribution in [0.25, 0.3) is 33.1 Å². The van der Waals surface area contributed by atoms with Gasteiger partial charge in [0.05, 0.1) is 0 Å². The van der Waals surface area contributed by atoms with Crippen molar-refractivity contribution >= 4 is 96.2 Å². The molecule has 0 amide bonds. The Bertz CT molecular complexity index is 3140. The number of fused-ring (bicyclic) bond motifs is 7. The number of benzene rings is 9. The van der Waals surface area contributed by atoms with Crippen molar-refractivity contribution in [2.45, 2.75) is 0 Å². The van der Waals surface area contributed by atoms with Gasteiger partial charge in [-0.05, 0) is 125 Å². The fourth-order valence-electron chi connectivity index (χ4n) is 9.45. The third-order valence-electron chi connectivity index (χ3n) is 12.0. The maximum atomic E-state index is 6.26. The van der Waals surface area contributed by atoms with Crippen molar-refractivity contribution in [2.75, 3.05) is 14.7 Å². The zero-order valence-electron chi connectivity index (χ0n) is 32.1. The Balaban J connectivity index is 1.01. The molecule has 0 unspecified atom stereocenters. The van der Waals surface area contributed by atoms with E-state index in [0.29, 0.717) is 0 Å². The van der Waals surface area contributed by atoms with E-state index in [9.17, 15) is 0 Å². The fraction of sp³-hybridized carbons (Fsp3) is 0. The van der Waals surface area contributed by atoms with Gasteiger partial charge in [-0.15, -0.1) is 0 Å². The van der Waals surface area contributed by atoms with Crippen LogP contribution in [0.2, 0.25) is 0 Å². The summed E-state index contributed by atoms with van der Waals surface area (Å²) in [6.45, 7) is 0.0365. The number of furan rings is 1. The second-order valence-electron chi connectivity index (χ2n) is 15.3. The van der Waals surface area contributed by atoms with E-state index >= 15 is 0 Å². The van der Waals surface area contributed by atoms with Gasteiger partial charge in [-0.2, -0.15) is 0 Å². The minimum absolute atomic E-state index is 0.0365. The van der Waals surface area contributed by atoms with Crippen LogP contribution in [0.5, 0.6) is 0 Å². The van der Waals surface area contributed by atoms with Crippen LogP contribution in [0.1, 0.15) is 0 Å². The first-order valence-corrected chi connectivity index (χ1v) is 20.2. The van der Waals surface area contributed by atoms with E-state index in [1.165, 1.54) is 39.1 Å². The Morgan fingerprint density at radius 2 is 0.915 bits per heavy atom. The van der Waals surface area contributed by atoms with E-state index in [4.69, 9.17) is 4.42 Å². The van der Waals surface area contributed by atoms with Gasteiger partial charge < -0.3 is 19.1 Å². The van der Waals surface area contributed by atoms with Crippen molar-refractivity contribution in [3.05, 3.63) is 218 Å². The first-order valence-electron chi connectivity index (χ1n) is 20.2. The van der Waals surface area contributed by atoms with Gasteiger partial charge in [-0.1, -0.05) is 121 Å². The summed E-state index contributed by atoms with van der Waals surface area (Å²) >= 11 is 0. The van der Waals surface area contributed by atoms with Crippen molar-refractivity contribution in [1.29, 1.82) is 0 Å². The second-order valence-corrected chi connectivity index (χ2v) is 15.3. The number of hydrogen-bond acceptors (Lipinski definition) is 4. The number of para-hydroxylation sites is 5. The van der Waals surface area contributed by atoms with E-state index in [2.05, 4.69) is 221 Å². The monoisotopic (exact) mass is 753 g/mol. The van der Waals surface area contributed by atoms with Crippen LogP contribution in [0, 0.1) is 0 Å². The third-order valence-corrected chi connectivity index (χ3v) is 12.0. The number of nitrogens with zero attached hydrogens (tertiary/aromatic N) is 3. The molecule has 5 heteroatoms. The van der Waals surface area contributed by atoms with Gasteiger partial charge in [0.1, 0.15) is 11.2 Å². The molecule has 0 saturated heterocycles. The van der Waals surface area contributed by atoms with Gasteiger partial charge in [-0.3, -0.25) is 0 Å². The van der Waals surface area contributed by atoms with Gasteiger partial charge in [0.25, 0.3) is 6.71 Å². The lowest BCUT2D eigenvalue weighted by atomic mass is 9.33. The summed E-state index contributed by atoms with van der Waals surface area (Å²) in [5.41, 5.74) is 18.3. The summed E-state index contributed by atoms with van der Waals surface area (Å²) in [5, 5.41) is 2.29. The summed E-state index contributed by atoms with van der Waals surface area (Å²) in [7, 11) is 0. The van der Waals surface area contributed by atoms with E-state index in [1.54, 1.807) is 0 Å². The van der Waals surface area contributed by atoms with Crippen LogP contribution in [0.4, 0.5) is 51.2 Å². The van der Waals surface area contributed by atoms with Gasteiger partial charge >= 0.3 is 0 Å². The molecular weight excluding hydrogens is 717 g/mol. The molecule has 4 nitrogen and oxygen atoms in total. The molecule has 1 aromatic heterocycles. The summed E-state index contributed by atoms with van der Waals surface area (Å²) in [4.78, 5) is 7.27. The van der Waals surface area contributed by atoms with Gasteiger partial charge in [0.15, 0.2) is 0 Å². The normalized spacial score (nSPS) is 12.6. The molecule has 0 bridgehead atoms. The average molecular weight is 754 g/mol. The molecule has 2 aliphatic rings. The average Bonchev–Trinajstić information content (AvgIpc) is 3.68. The molecule has 3 heterocycles. The Labute approximate surface area is 343 Å². The van der Waals surface area contributed by atoms with Gasteiger partial charge in [0.2, 0.25) is 0 Å². The first kappa shape index (κ1) is 33.4. The van der Waals surface area contributed by atoms with Gasteiger partial charge in [-0.25, -0.2) is 0 Å². The standard InChI is InChI=1S/C54H36BN3O/c1-4-15-39(16-5-1)56(40-17-6-2-7-18-40)43-32-34-47-51(36-43)58(41-19-8-3-9-20-41)50-25-14-24-49-54(50)55(47)46-22-11-12-23-48(46)57(49)42-30-27-37(28-31-42)38-29-33-45-44-21-10-13-26-52(44)59-53(45)35-38/h1-36H. The lowest BCUT2D eigenvalue weighted by Gasteiger charge is -2.44. The predicted octanol–water partition coefficient (Wildman–Crippen LogP) is 12.8. The summed E-state index contributed by atoms with van der Waals surface area (Å²) in [6.07, 6.45) is 0. The molecule has 0 N–H and O–H groups in total. The molecule has 0 saturated carbocycles. The van der Waals surface area contributed by atoms with Crippen molar-refractivity contribution in [3.63, 3.8) is 0 Å². The Morgan fingerprint density at radius 3 is 1.66 bits per heavy atom. The van der Waals surface area contributed by atoms with Gasteiger partial charge in [0, 0.05) is 62.0 Å². The SMILES string of the molecule is c1ccc(N(c2ccccc2)c2ccc3c(c2)N(c2ccccc2)c2cccc4c2B3c2ccccc2N4c2ccc(-c3ccc4c(c3)oc3ccccc34)cc2)cc1.